The van der Waals surface area contributed by atoms with Crippen LogP contribution in [0.25, 0.3) is 5.69 Å². The van der Waals surface area contributed by atoms with Gasteiger partial charge in [0.25, 0.3) is 0 Å². The van der Waals surface area contributed by atoms with E-state index in [1.54, 1.807) is 4.57 Å². The van der Waals surface area contributed by atoms with Gasteiger partial charge in [-0.2, -0.15) is 0 Å². The zero-order valence-corrected chi connectivity index (χ0v) is 11.7. The van der Waals surface area contributed by atoms with E-state index in [-0.39, 0.29) is 5.69 Å². The van der Waals surface area contributed by atoms with Crippen molar-refractivity contribution in [3.05, 3.63) is 46.8 Å². The molecule has 1 N–H and O–H groups in total. The molecule has 2 aromatic rings. The van der Waals surface area contributed by atoms with Crippen LogP contribution in [0.1, 0.15) is 30.6 Å². The molecule has 2 heterocycles. The molecule has 3 rings (SSSR count). The number of aryl methyl sites for hydroxylation is 1. The van der Waals surface area contributed by atoms with Gasteiger partial charge in [-0.3, -0.25) is 4.57 Å². The maximum absolute atomic E-state index is 14.1. The van der Waals surface area contributed by atoms with E-state index in [2.05, 4.69) is 10.3 Å². The number of hydrogen-bond donors (Lipinski definition) is 1. The quantitative estimate of drug-likeness (QED) is 0.882. The SMILES string of the molecule is CCCc1nc2c(n1-c1cc(F)cc(F)c1F)CCNC2. The molecule has 21 heavy (non-hydrogen) atoms. The second-order valence-corrected chi connectivity index (χ2v) is 5.15. The lowest BCUT2D eigenvalue weighted by atomic mass is 10.1. The van der Waals surface area contributed by atoms with Crippen LogP contribution in [0.4, 0.5) is 13.2 Å². The van der Waals surface area contributed by atoms with Gasteiger partial charge in [0.15, 0.2) is 11.6 Å². The highest BCUT2D eigenvalue weighted by Crippen LogP contribution is 2.26. The lowest BCUT2D eigenvalue weighted by Crippen LogP contribution is -2.25. The van der Waals surface area contributed by atoms with Crippen molar-refractivity contribution in [2.75, 3.05) is 6.54 Å². The fraction of sp³-hybridized carbons (Fsp3) is 0.400. The van der Waals surface area contributed by atoms with Gasteiger partial charge in [-0.1, -0.05) is 6.92 Å². The van der Waals surface area contributed by atoms with Gasteiger partial charge in [-0.05, 0) is 6.42 Å². The smallest absolute Gasteiger partial charge is 0.183 e. The molecule has 0 fully saturated rings. The number of benzene rings is 1. The number of fused-ring (bicyclic) bond motifs is 1. The molecule has 0 radical (unpaired) electrons. The Hall–Kier alpha value is -1.82. The van der Waals surface area contributed by atoms with Crippen LogP contribution >= 0.6 is 0 Å². The van der Waals surface area contributed by atoms with E-state index < -0.39 is 17.5 Å². The van der Waals surface area contributed by atoms with Crippen LogP contribution in [-0.2, 0) is 19.4 Å². The molecule has 3 nitrogen and oxygen atoms in total. The van der Waals surface area contributed by atoms with Crippen molar-refractivity contribution in [3.8, 4) is 5.69 Å². The summed E-state index contributed by atoms with van der Waals surface area (Å²) in [5.41, 5.74) is 1.57. The fourth-order valence-corrected chi connectivity index (χ4v) is 2.75. The van der Waals surface area contributed by atoms with Crippen LogP contribution in [0, 0.1) is 17.5 Å². The predicted octanol–water partition coefficient (Wildman–Crippen LogP) is 2.89. The minimum Gasteiger partial charge on any atom is -0.311 e. The van der Waals surface area contributed by atoms with Crippen molar-refractivity contribution < 1.29 is 13.2 Å². The summed E-state index contributed by atoms with van der Waals surface area (Å²) in [7, 11) is 0. The molecule has 0 amide bonds. The van der Waals surface area contributed by atoms with E-state index in [1.807, 2.05) is 6.92 Å². The topological polar surface area (TPSA) is 29.9 Å². The van der Waals surface area contributed by atoms with Crippen molar-refractivity contribution in [1.82, 2.24) is 14.9 Å². The first-order valence-electron chi connectivity index (χ1n) is 7.06. The Labute approximate surface area is 120 Å². The molecule has 112 valence electrons. The average Bonchev–Trinajstić information content (AvgIpc) is 2.81. The zero-order chi connectivity index (χ0) is 15.0. The Balaban J connectivity index is 2.23. The van der Waals surface area contributed by atoms with Gasteiger partial charge in [0.05, 0.1) is 11.4 Å². The van der Waals surface area contributed by atoms with Crippen LogP contribution in [-0.4, -0.2) is 16.1 Å². The van der Waals surface area contributed by atoms with Crippen molar-refractivity contribution in [2.45, 2.75) is 32.7 Å². The molecule has 0 aliphatic carbocycles. The van der Waals surface area contributed by atoms with Crippen LogP contribution in [0.5, 0.6) is 0 Å². The third-order valence-corrected chi connectivity index (χ3v) is 3.64. The molecule has 0 atom stereocenters. The summed E-state index contributed by atoms with van der Waals surface area (Å²) in [4.78, 5) is 4.51. The molecular weight excluding hydrogens is 279 g/mol. The third kappa shape index (κ3) is 2.44. The molecule has 0 spiro atoms. The first kappa shape index (κ1) is 14.1. The summed E-state index contributed by atoms with van der Waals surface area (Å²) in [6, 6.07) is 1.59. The summed E-state index contributed by atoms with van der Waals surface area (Å²) in [6.07, 6.45) is 2.11. The first-order valence-corrected chi connectivity index (χ1v) is 7.06. The molecule has 6 heteroatoms. The van der Waals surface area contributed by atoms with Crippen LogP contribution < -0.4 is 5.32 Å². The fourth-order valence-electron chi connectivity index (χ4n) is 2.75. The predicted molar refractivity (Wildman–Crippen MR) is 72.8 cm³/mol. The van der Waals surface area contributed by atoms with Gasteiger partial charge in [-0.25, -0.2) is 18.2 Å². The van der Waals surface area contributed by atoms with Gasteiger partial charge in [-0.15, -0.1) is 0 Å². The number of imidazole rings is 1. The van der Waals surface area contributed by atoms with Gasteiger partial charge < -0.3 is 5.32 Å². The van der Waals surface area contributed by atoms with Crippen molar-refractivity contribution >= 4 is 0 Å². The number of aromatic nitrogens is 2. The third-order valence-electron chi connectivity index (χ3n) is 3.64. The molecule has 1 aliphatic heterocycles. The normalized spacial score (nSPS) is 14.3. The lowest BCUT2D eigenvalue weighted by molar-refractivity contribution is 0.488. The molecular formula is C15H16F3N3. The molecule has 1 aromatic carbocycles. The summed E-state index contributed by atoms with van der Waals surface area (Å²) in [5.74, 6) is -2.35. The molecule has 0 bridgehead atoms. The standard InChI is InChI=1S/C15H16F3N3/c1-2-3-14-20-11-8-19-5-4-12(11)21(14)13-7-9(16)6-10(17)15(13)18/h6-7,19H,2-5,8H2,1H3. The summed E-state index contributed by atoms with van der Waals surface area (Å²) in [5, 5.41) is 3.19. The van der Waals surface area contributed by atoms with E-state index in [0.717, 1.165) is 30.4 Å². The highest BCUT2D eigenvalue weighted by atomic mass is 19.2. The maximum Gasteiger partial charge on any atom is 0.183 e. The molecule has 0 saturated heterocycles. The van der Waals surface area contributed by atoms with E-state index in [1.165, 1.54) is 0 Å². The van der Waals surface area contributed by atoms with Gasteiger partial charge in [0, 0.05) is 43.8 Å². The van der Waals surface area contributed by atoms with Crippen molar-refractivity contribution in [3.63, 3.8) is 0 Å². The summed E-state index contributed by atoms with van der Waals surface area (Å²) < 4.78 is 42.7. The Morgan fingerprint density at radius 2 is 2.10 bits per heavy atom. The Kier molecular flexibility index (Phi) is 3.71. The number of halogens is 3. The molecule has 0 unspecified atom stereocenters. The maximum atomic E-state index is 14.1. The van der Waals surface area contributed by atoms with Gasteiger partial charge >= 0.3 is 0 Å². The Morgan fingerprint density at radius 3 is 2.86 bits per heavy atom. The van der Waals surface area contributed by atoms with Gasteiger partial charge in [0.1, 0.15) is 11.6 Å². The molecule has 1 aliphatic rings. The highest BCUT2D eigenvalue weighted by Gasteiger charge is 2.23. The minimum absolute atomic E-state index is 0.0911. The van der Waals surface area contributed by atoms with Gasteiger partial charge in [0.2, 0.25) is 0 Å². The van der Waals surface area contributed by atoms with E-state index in [4.69, 9.17) is 0 Å². The number of nitrogens with one attached hydrogen (secondary N) is 1. The number of nitrogens with zero attached hydrogens (tertiary/aromatic N) is 2. The lowest BCUT2D eigenvalue weighted by Gasteiger charge is -2.17. The average molecular weight is 295 g/mol. The molecule has 1 aromatic heterocycles. The van der Waals surface area contributed by atoms with E-state index in [0.29, 0.717) is 31.3 Å². The number of rotatable bonds is 3. The van der Waals surface area contributed by atoms with Crippen molar-refractivity contribution in [2.24, 2.45) is 0 Å². The van der Waals surface area contributed by atoms with E-state index in [9.17, 15) is 13.2 Å². The minimum atomic E-state index is -1.18. The highest BCUT2D eigenvalue weighted by molar-refractivity contribution is 5.41. The van der Waals surface area contributed by atoms with Crippen molar-refractivity contribution in [1.29, 1.82) is 0 Å². The van der Waals surface area contributed by atoms with Crippen LogP contribution in [0.3, 0.4) is 0 Å². The Bertz CT molecular complexity index is 679. The second-order valence-electron chi connectivity index (χ2n) is 5.15. The van der Waals surface area contributed by atoms with E-state index >= 15 is 0 Å². The second kappa shape index (κ2) is 5.52. The van der Waals surface area contributed by atoms with Crippen LogP contribution in [0.15, 0.2) is 12.1 Å². The monoisotopic (exact) mass is 295 g/mol. The largest absolute Gasteiger partial charge is 0.311 e. The Morgan fingerprint density at radius 1 is 1.29 bits per heavy atom. The number of hydrogen-bond acceptors (Lipinski definition) is 2. The molecule has 0 saturated carbocycles. The zero-order valence-electron chi connectivity index (χ0n) is 11.7. The van der Waals surface area contributed by atoms with Crippen LogP contribution in [0.2, 0.25) is 0 Å². The summed E-state index contributed by atoms with van der Waals surface area (Å²) >= 11 is 0. The summed E-state index contributed by atoms with van der Waals surface area (Å²) in [6.45, 7) is 3.32. The first-order chi connectivity index (χ1) is 10.1.